The lowest BCUT2D eigenvalue weighted by molar-refractivity contribution is -0.136. The molecule has 0 aliphatic carbocycles. The molecule has 0 fully saturated rings. The second-order valence-electron chi connectivity index (χ2n) is 5.71. The van der Waals surface area contributed by atoms with Gasteiger partial charge in [-0.3, -0.25) is 25.0 Å². The van der Waals surface area contributed by atoms with Crippen LogP contribution in [0.1, 0.15) is 12.5 Å². The number of esters is 1. The van der Waals surface area contributed by atoms with E-state index in [1.165, 1.54) is 12.4 Å². The van der Waals surface area contributed by atoms with Crippen molar-refractivity contribution >= 4 is 17.6 Å². The first kappa shape index (κ1) is 16.6. The van der Waals surface area contributed by atoms with Crippen molar-refractivity contribution in [2.45, 2.75) is 6.92 Å². The highest BCUT2D eigenvalue weighted by Crippen LogP contribution is 2.23. The Morgan fingerprint density at radius 1 is 1.22 bits per heavy atom. The Labute approximate surface area is 153 Å². The van der Waals surface area contributed by atoms with Crippen LogP contribution in [0.4, 0.5) is 0 Å². The average molecular weight is 361 g/mol. The number of carbonyl (C=O) groups is 1. The van der Waals surface area contributed by atoms with Gasteiger partial charge in [0.1, 0.15) is 5.69 Å². The molecular weight excluding hydrogens is 346 g/mol. The summed E-state index contributed by atoms with van der Waals surface area (Å²) in [6, 6.07) is 7.27. The lowest BCUT2D eigenvalue weighted by Gasteiger charge is -2.04. The van der Waals surface area contributed by atoms with Crippen LogP contribution in [0.15, 0.2) is 58.3 Å². The molecule has 3 heterocycles. The highest BCUT2D eigenvalue weighted by atomic mass is 16.5. The minimum Gasteiger partial charge on any atom is -0.462 e. The fourth-order valence-electron chi connectivity index (χ4n) is 2.90. The molecule has 1 aromatic carbocycles. The van der Waals surface area contributed by atoms with Gasteiger partial charge in [0.15, 0.2) is 0 Å². The SMILES string of the molecule is CCOC(=O)C1=c2ccccc2=NC1=Cc1c(-c2cnccn2)[nH][nH]c1=O. The third-order valence-electron chi connectivity index (χ3n) is 4.07. The molecule has 2 aromatic heterocycles. The third kappa shape index (κ3) is 2.97. The molecular formula is C19H15N5O3. The monoisotopic (exact) mass is 361 g/mol. The van der Waals surface area contributed by atoms with Crippen LogP contribution >= 0.6 is 0 Å². The molecule has 0 bridgehead atoms. The highest BCUT2D eigenvalue weighted by molar-refractivity contribution is 6.17. The Hall–Kier alpha value is -3.81. The molecule has 0 saturated carbocycles. The van der Waals surface area contributed by atoms with E-state index in [9.17, 15) is 9.59 Å². The Morgan fingerprint density at radius 2 is 2.07 bits per heavy atom. The lowest BCUT2D eigenvalue weighted by Crippen LogP contribution is -2.25. The number of ether oxygens (including phenoxy) is 1. The number of hydrogen-bond acceptors (Lipinski definition) is 6. The molecule has 1 aliphatic rings. The summed E-state index contributed by atoms with van der Waals surface area (Å²) in [7, 11) is 0. The molecule has 0 radical (unpaired) electrons. The number of H-pyrrole nitrogens is 2. The van der Waals surface area contributed by atoms with Crippen molar-refractivity contribution in [1.82, 2.24) is 20.2 Å². The Balaban J connectivity index is 1.91. The molecule has 27 heavy (non-hydrogen) atoms. The van der Waals surface area contributed by atoms with E-state index in [1.54, 1.807) is 31.3 Å². The fourth-order valence-corrected chi connectivity index (χ4v) is 2.90. The van der Waals surface area contributed by atoms with Gasteiger partial charge in [0.25, 0.3) is 5.56 Å². The van der Waals surface area contributed by atoms with Gasteiger partial charge in [0.05, 0.1) is 40.7 Å². The van der Waals surface area contributed by atoms with E-state index >= 15 is 0 Å². The number of nitrogens with zero attached hydrogens (tertiary/aromatic N) is 3. The maximum absolute atomic E-state index is 12.5. The molecule has 0 spiro atoms. The number of nitrogens with one attached hydrogen (secondary N) is 2. The molecule has 0 unspecified atom stereocenters. The molecule has 8 nitrogen and oxygen atoms in total. The van der Waals surface area contributed by atoms with E-state index < -0.39 is 5.97 Å². The van der Waals surface area contributed by atoms with E-state index in [1.807, 2.05) is 12.1 Å². The van der Waals surface area contributed by atoms with Crippen LogP contribution in [0.3, 0.4) is 0 Å². The van der Waals surface area contributed by atoms with Crippen molar-refractivity contribution in [3.05, 3.63) is 75.0 Å². The highest BCUT2D eigenvalue weighted by Gasteiger charge is 2.23. The molecule has 1 aliphatic heterocycles. The maximum Gasteiger partial charge on any atom is 0.341 e. The zero-order valence-corrected chi connectivity index (χ0v) is 14.4. The van der Waals surface area contributed by atoms with Crippen LogP contribution in [0.2, 0.25) is 0 Å². The van der Waals surface area contributed by atoms with Gasteiger partial charge in [-0.1, -0.05) is 18.2 Å². The summed E-state index contributed by atoms with van der Waals surface area (Å²) in [5.74, 6) is -0.481. The number of aromatic amines is 2. The predicted molar refractivity (Wildman–Crippen MR) is 97.7 cm³/mol. The zero-order chi connectivity index (χ0) is 18.8. The van der Waals surface area contributed by atoms with Crippen LogP contribution in [0.25, 0.3) is 23.0 Å². The van der Waals surface area contributed by atoms with Gasteiger partial charge in [0, 0.05) is 17.6 Å². The molecule has 0 atom stereocenters. The Morgan fingerprint density at radius 3 is 2.85 bits per heavy atom. The van der Waals surface area contributed by atoms with E-state index in [-0.39, 0.29) is 12.2 Å². The summed E-state index contributed by atoms with van der Waals surface area (Å²) in [6.07, 6.45) is 6.18. The number of benzene rings is 1. The Bertz CT molecular complexity index is 1220. The number of para-hydroxylation sites is 1. The minimum absolute atomic E-state index is 0.243. The number of aromatic nitrogens is 4. The molecule has 134 valence electrons. The van der Waals surface area contributed by atoms with Crippen molar-refractivity contribution in [3.63, 3.8) is 0 Å². The van der Waals surface area contributed by atoms with E-state index in [2.05, 4.69) is 25.2 Å². The van der Waals surface area contributed by atoms with Gasteiger partial charge >= 0.3 is 5.97 Å². The summed E-state index contributed by atoms with van der Waals surface area (Å²) in [4.78, 5) is 37.6. The largest absolute Gasteiger partial charge is 0.462 e. The first-order valence-corrected chi connectivity index (χ1v) is 8.33. The van der Waals surface area contributed by atoms with Crippen molar-refractivity contribution in [2.24, 2.45) is 4.99 Å². The van der Waals surface area contributed by atoms with Crippen LogP contribution in [0, 0.1) is 0 Å². The molecule has 0 saturated heterocycles. The summed E-state index contributed by atoms with van der Waals surface area (Å²) in [5.41, 5.74) is 1.62. The van der Waals surface area contributed by atoms with Crippen molar-refractivity contribution < 1.29 is 9.53 Å². The summed E-state index contributed by atoms with van der Waals surface area (Å²) < 4.78 is 5.18. The second kappa shape index (κ2) is 6.83. The molecule has 4 rings (SSSR count). The van der Waals surface area contributed by atoms with Gasteiger partial charge in [-0.05, 0) is 19.1 Å². The lowest BCUT2D eigenvalue weighted by atomic mass is 10.1. The van der Waals surface area contributed by atoms with Crippen molar-refractivity contribution in [3.8, 4) is 11.4 Å². The minimum atomic E-state index is -0.481. The van der Waals surface area contributed by atoms with Gasteiger partial charge in [-0.2, -0.15) is 0 Å². The predicted octanol–water partition coefficient (Wildman–Crippen LogP) is 0.548. The van der Waals surface area contributed by atoms with Crippen molar-refractivity contribution in [2.75, 3.05) is 6.61 Å². The van der Waals surface area contributed by atoms with Gasteiger partial charge in [-0.15, -0.1) is 0 Å². The Kier molecular flexibility index (Phi) is 4.21. The zero-order valence-electron chi connectivity index (χ0n) is 14.4. The van der Waals surface area contributed by atoms with E-state index in [4.69, 9.17) is 4.74 Å². The standard InChI is InChI=1S/C19H15N5O3/c1-2-27-19(26)16-11-5-3-4-6-13(11)22-14(16)9-12-17(23-24-18(12)25)15-10-20-7-8-21-15/h3-10H,2H2,1H3,(H2,23,24,25). The fraction of sp³-hybridized carbons (Fsp3) is 0.105. The maximum atomic E-state index is 12.5. The average Bonchev–Trinajstić information content (AvgIpc) is 3.23. The van der Waals surface area contributed by atoms with E-state index in [0.717, 1.165) is 0 Å². The normalized spacial score (nSPS) is 14.1. The number of rotatable bonds is 4. The number of hydrogen-bond donors (Lipinski definition) is 2. The van der Waals surface area contributed by atoms with Crippen LogP contribution in [-0.4, -0.2) is 32.7 Å². The third-order valence-corrected chi connectivity index (χ3v) is 4.07. The first-order valence-electron chi connectivity index (χ1n) is 8.33. The van der Waals surface area contributed by atoms with Gasteiger partial charge in [-0.25, -0.2) is 9.79 Å². The van der Waals surface area contributed by atoms with Gasteiger partial charge in [0.2, 0.25) is 0 Å². The summed E-state index contributed by atoms with van der Waals surface area (Å²) in [6.45, 7) is 1.98. The molecule has 3 aromatic rings. The quantitative estimate of drug-likeness (QED) is 0.659. The molecule has 2 N–H and O–H groups in total. The molecule has 0 amide bonds. The van der Waals surface area contributed by atoms with Crippen molar-refractivity contribution in [1.29, 1.82) is 0 Å². The number of fused-ring (bicyclic) bond motifs is 1. The van der Waals surface area contributed by atoms with Crippen LogP contribution in [0.5, 0.6) is 0 Å². The number of carbonyl (C=O) groups excluding carboxylic acids is 1. The van der Waals surface area contributed by atoms with Crippen LogP contribution < -0.4 is 16.1 Å². The van der Waals surface area contributed by atoms with E-state index in [0.29, 0.717) is 38.8 Å². The summed E-state index contributed by atoms with van der Waals surface area (Å²) >= 11 is 0. The van der Waals surface area contributed by atoms with Gasteiger partial charge < -0.3 is 4.74 Å². The first-order chi connectivity index (χ1) is 13.2. The smallest absolute Gasteiger partial charge is 0.341 e. The van der Waals surface area contributed by atoms with Crippen LogP contribution in [-0.2, 0) is 9.53 Å². The second-order valence-corrected chi connectivity index (χ2v) is 5.71. The molecule has 8 heteroatoms. The topological polar surface area (TPSA) is 113 Å². The summed E-state index contributed by atoms with van der Waals surface area (Å²) in [5, 5.41) is 6.67.